The van der Waals surface area contributed by atoms with E-state index in [2.05, 4.69) is 11.9 Å². The van der Waals surface area contributed by atoms with Crippen LogP contribution in [-0.2, 0) is 56.5 Å². The zero-order chi connectivity index (χ0) is 52.2. The summed E-state index contributed by atoms with van der Waals surface area (Å²) >= 11 is 0. The van der Waals surface area contributed by atoms with Crippen molar-refractivity contribution in [3.63, 3.8) is 0 Å². The lowest BCUT2D eigenvalue weighted by Gasteiger charge is -2.30. The first kappa shape index (κ1) is 55.7. The lowest BCUT2D eigenvalue weighted by molar-refractivity contribution is -0.155. The van der Waals surface area contributed by atoms with Gasteiger partial charge in [-0.1, -0.05) is 110 Å². The van der Waals surface area contributed by atoms with Crippen LogP contribution in [-0.4, -0.2) is 86.1 Å². The maximum absolute atomic E-state index is 14.9. The number of likely N-dealkylation sites (N-methyl/N-ethyl adjacent to an activating group) is 2. The number of nitrogens with one attached hydrogen (secondary N) is 1. The molecule has 0 radical (unpaired) electrons. The summed E-state index contributed by atoms with van der Waals surface area (Å²) in [6.07, 6.45) is -1.30. The van der Waals surface area contributed by atoms with Crippen LogP contribution in [0.1, 0.15) is 40.7 Å². The van der Waals surface area contributed by atoms with Gasteiger partial charge in [-0.3, -0.25) is 4.79 Å². The molecule has 17 heteroatoms. The van der Waals surface area contributed by atoms with Crippen LogP contribution in [0.3, 0.4) is 0 Å². The van der Waals surface area contributed by atoms with Crippen LogP contribution in [0, 0.1) is 0 Å². The second kappa shape index (κ2) is 28.0. The molecule has 0 aliphatic heterocycles. The summed E-state index contributed by atoms with van der Waals surface area (Å²) < 4.78 is 93.0. The molecule has 2 unspecified atom stereocenters. The van der Waals surface area contributed by atoms with E-state index in [1.54, 1.807) is 67.7 Å². The third-order valence-electron chi connectivity index (χ3n) is 11.4. The van der Waals surface area contributed by atoms with Gasteiger partial charge in [0.05, 0.1) is 12.1 Å². The third kappa shape index (κ3) is 16.2. The van der Waals surface area contributed by atoms with Gasteiger partial charge in [0.15, 0.2) is 11.7 Å². The molecule has 5 aromatic carbocycles. The number of aryl methyl sites for hydroxylation is 1. The molecule has 5 aromatic rings. The number of benzene rings is 5. The highest BCUT2D eigenvalue weighted by molar-refractivity contribution is 5.87. The number of ether oxygens (including phenoxy) is 4. The Morgan fingerprint density at radius 3 is 1.69 bits per heavy atom. The number of rotatable bonds is 27. The number of carbonyl (C=O) groups excluding carboxylic acids is 3. The van der Waals surface area contributed by atoms with Gasteiger partial charge < -0.3 is 45.7 Å². The van der Waals surface area contributed by atoms with E-state index < -0.39 is 84.2 Å². The first-order valence-electron chi connectivity index (χ1n) is 23.0. The predicted molar refractivity (Wildman–Crippen MR) is 263 cm³/mol. The molecule has 0 bridgehead atoms. The molecule has 1 amide bonds. The van der Waals surface area contributed by atoms with Gasteiger partial charge in [-0.15, -0.1) is 0 Å². The van der Waals surface area contributed by atoms with Crippen molar-refractivity contribution in [3.05, 3.63) is 191 Å². The van der Waals surface area contributed by atoms with E-state index in [4.69, 9.17) is 30.4 Å². The minimum Gasteiger partial charge on any atom is -0.489 e. The lowest BCUT2D eigenvalue weighted by atomic mass is 9.95. The van der Waals surface area contributed by atoms with Crippen molar-refractivity contribution < 1.29 is 60.4 Å². The Bertz CT molecular complexity index is 2650. The molecule has 0 heterocycles. The smallest absolute Gasteiger partial charge is 0.329 e. The van der Waals surface area contributed by atoms with Gasteiger partial charge in [0.1, 0.15) is 56.8 Å². The highest BCUT2D eigenvalue weighted by Crippen LogP contribution is 2.34. The lowest BCUT2D eigenvalue weighted by Crippen LogP contribution is -2.52. The number of nitrogens with zero attached hydrogens (tertiary/aromatic N) is 1. The van der Waals surface area contributed by atoms with Gasteiger partial charge in [0.25, 0.3) is 0 Å². The van der Waals surface area contributed by atoms with E-state index in [1.165, 1.54) is 11.9 Å². The van der Waals surface area contributed by atoms with Gasteiger partial charge in [0, 0.05) is 25.6 Å². The largest absolute Gasteiger partial charge is 0.489 e. The van der Waals surface area contributed by atoms with E-state index in [0.717, 1.165) is 16.7 Å². The molecule has 0 saturated heterocycles. The topological polar surface area (TPSA) is 176 Å². The summed E-state index contributed by atoms with van der Waals surface area (Å²) in [5.74, 6) is -9.50. The number of aliphatic hydroxyl groups excluding tert-OH is 1. The number of esters is 2. The van der Waals surface area contributed by atoms with Crippen molar-refractivity contribution in [2.45, 2.75) is 69.7 Å². The van der Waals surface area contributed by atoms with Gasteiger partial charge in [-0.05, 0) is 89.5 Å². The van der Waals surface area contributed by atoms with Crippen LogP contribution in [0.25, 0.3) is 11.1 Å². The second-order valence-electron chi connectivity index (χ2n) is 16.8. The molecule has 12 nitrogen and oxygen atoms in total. The standard InChI is InChI=1S/C55H59F5N4O8/c1-35(58)52(51(60)50(59)43(29-56)30-57)72-54(67)45(61)22-19-41-25-39(20-23-48(41)69-32-36-13-7-4-8-14-36)40-21-24-49(70-33-37-15-9-5-10-16-37)42(26-40)27-47(55(68)71-34-38-17-11-6-12-18-38)64(3)53(66)46(62)28-44(65)31-63-2/h4-18,20-21,23-26,44-47,63,65H,1,19,22,27-34,61-62H2,2-3H3/b52-51-/t44-,45?,46+,47?/m1/s1. The molecule has 6 N–H and O–H groups in total. The Balaban J connectivity index is 1.52. The predicted octanol–water partition coefficient (Wildman–Crippen LogP) is 8.55. The van der Waals surface area contributed by atoms with E-state index in [1.807, 2.05) is 66.7 Å². The number of carbonyl (C=O) groups is 3. The molecular weight excluding hydrogens is 940 g/mol. The molecule has 0 spiro atoms. The molecule has 382 valence electrons. The monoisotopic (exact) mass is 998 g/mol. The number of hydrogen-bond acceptors (Lipinski definition) is 11. The van der Waals surface area contributed by atoms with Gasteiger partial charge >= 0.3 is 11.9 Å². The molecule has 0 aliphatic carbocycles. The Labute approximate surface area is 415 Å². The second-order valence-corrected chi connectivity index (χ2v) is 16.8. The Morgan fingerprint density at radius 2 is 1.19 bits per heavy atom. The number of nitrogens with two attached hydrogens (primary N) is 2. The summed E-state index contributed by atoms with van der Waals surface area (Å²) in [6.45, 7) is -0.184. The minimum atomic E-state index is -2.16. The summed E-state index contributed by atoms with van der Waals surface area (Å²) in [5, 5.41) is 13.3. The zero-order valence-corrected chi connectivity index (χ0v) is 40.0. The van der Waals surface area contributed by atoms with Crippen LogP contribution in [0.5, 0.6) is 11.5 Å². The molecule has 4 atom stereocenters. The summed E-state index contributed by atoms with van der Waals surface area (Å²) in [6, 6.07) is 34.4. The number of amides is 1. The normalized spacial score (nSPS) is 13.1. The van der Waals surface area contributed by atoms with Crippen LogP contribution in [0.2, 0.25) is 0 Å². The van der Waals surface area contributed by atoms with Crippen LogP contribution < -0.4 is 26.3 Å². The average Bonchev–Trinajstić information content (AvgIpc) is 3.39. The van der Waals surface area contributed by atoms with Crippen molar-refractivity contribution in [2.24, 2.45) is 11.5 Å². The fourth-order valence-electron chi connectivity index (χ4n) is 7.40. The van der Waals surface area contributed by atoms with Crippen LogP contribution >= 0.6 is 0 Å². The first-order chi connectivity index (χ1) is 34.6. The maximum atomic E-state index is 14.9. The SMILES string of the molecule is C=C(F)/C(OC(=O)C(N)CCc1cc(-c2ccc(OCc3ccccc3)c(CC(C(=O)OCc3ccccc3)N(C)C(=O)[C@@H](N)C[C@@H](O)CNC)c2)ccc1OCc1ccccc1)=C(/F)C(F)=C(CF)CF. The van der Waals surface area contributed by atoms with Crippen molar-refractivity contribution in [3.8, 4) is 22.6 Å². The molecule has 5 rings (SSSR count). The molecule has 0 saturated carbocycles. The molecule has 72 heavy (non-hydrogen) atoms. The number of aliphatic hydroxyl groups is 1. The van der Waals surface area contributed by atoms with Gasteiger partial charge in [-0.25, -0.2) is 27.2 Å². The summed E-state index contributed by atoms with van der Waals surface area (Å²) in [4.78, 5) is 42.4. The first-order valence-corrected chi connectivity index (χ1v) is 23.0. The van der Waals surface area contributed by atoms with Crippen LogP contribution in [0.15, 0.2) is 163 Å². The molecule has 0 fully saturated rings. The highest BCUT2D eigenvalue weighted by atomic mass is 19.2. The quantitative estimate of drug-likeness (QED) is 0.0172. The zero-order valence-electron chi connectivity index (χ0n) is 40.0. The molecular formula is C55H59F5N4O8. The number of halogens is 5. The fourth-order valence-corrected chi connectivity index (χ4v) is 7.40. The fraction of sp³-hybridized carbons (Fsp3) is 0.291. The highest BCUT2D eigenvalue weighted by Gasteiger charge is 2.33. The van der Waals surface area contributed by atoms with Gasteiger partial charge in [-0.2, -0.15) is 4.39 Å². The summed E-state index contributed by atoms with van der Waals surface area (Å²) in [5.41, 5.74) is 15.9. The Hall–Kier alpha value is -7.18. The van der Waals surface area contributed by atoms with Crippen molar-refractivity contribution in [1.29, 1.82) is 0 Å². The Morgan fingerprint density at radius 1 is 0.694 bits per heavy atom. The van der Waals surface area contributed by atoms with E-state index >= 15 is 0 Å². The number of allylic oxidation sites excluding steroid dienone is 4. The van der Waals surface area contributed by atoms with Gasteiger partial charge in [0.2, 0.25) is 17.5 Å². The molecule has 0 aromatic heterocycles. The maximum Gasteiger partial charge on any atom is 0.329 e. The van der Waals surface area contributed by atoms with Crippen molar-refractivity contribution >= 4 is 17.8 Å². The van der Waals surface area contributed by atoms with E-state index in [9.17, 15) is 41.4 Å². The summed E-state index contributed by atoms with van der Waals surface area (Å²) in [7, 11) is 3.10. The van der Waals surface area contributed by atoms with Crippen LogP contribution in [0.4, 0.5) is 22.0 Å². The van der Waals surface area contributed by atoms with E-state index in [-0.39, 0.29) is 52.0 Å². The average molecular weight is 999 g/mol. The number of alkyl halides is 2. The van der Waals surface area contributed by atoms with E-state index in [0.29, 0.717) is 33.8 Å². The number of hydrogen-bond donors (Lipinski definition) is 4. The van der Waals surface area contributed by atoms with Crippen molar-refractivity contribution in [2.75, 3.05) is 34.0 Å². The Kier molecular flexibility index (Phi) is 21.7. The third-order valence-corrected chi connectivity index (χ3v) is 11.4. The van der Waals surface area contributed by atoms with Crippen molar-refractivity contribution in [1.82, 2.24) is 10.2 Å². The molecule has 0 aliphatic rings. The minimum absolute atomic E-state index is 0.0189.